The van der Waals surface area contributed by atoms with Crippen LogP contribution in [0.15, 0.2) is 23.3 Å². The molecular weight excluding hydrogens is 207 g/mol. The van der Waals surface area contributed by atoms with Crippen LogP contribution in [-0.4, -0.2) is 51.7 Å². The topological polar surface area (TPSA) is 74.6 Å². The van der Waals surface area contributed by atoms with Gasteiger partial charge in [0.05, 0.1) is 5.57 Å². The molecule has 0 spiro atoms. The summed E-state index contributed by atoms with van der Waals surface area (Å²) >= 11 is 0. The molecule has 0 heterocycles. The molecule has 0 bridgehead atoms. The minimum atomic E-state index is -1.21. The molecule has 0 unspecified atom stereocenters. The van der Waals surface area contributed by atoms with Gasteiger partial charge in [-0.3, -0.25) is 0 Å². The van der Waals surface area contributed by atoms with Gasteiger partial charge in [-0.15, -0.1) is 0 Å². The molecule has 0 amide bonds. The molecule has 0 saturated carbocycles. The SMILES string of the molecule is O=C(O)/C=C(\C(=O)O)C1=CCCCC1.[NaH]. The molecule has 0 saturated heterocycles. The van der Waals surface area contributed by atoms with Gasteiger partial charge in [0, 0.05) is 6.08 Å². The van der Waals surface area contributed by atoms with E-state index in [2.05, 4.69) is 0 Å². The van der Waals surface area contributed by atoms with E-state index in [0.717, 1.165) is 25.3 Å². The molecule has 0 aliphatic heterocycles. The number of aliphatic carboxylic acids is 2. The predicted molar refractivity (Wildman–Crippen MR) is 57.1 cm³/mol. The van der Waals surface area contributed by atoms with E-state index in [0.29, 0.717) is 12.0 Å². The van der Waals surface area contributed by atoms with E-state index in [9.17, 15) is 9.59 Å². The number of carboxylic acids is 2. The summed E-state index contributed by atoms with van der Waals surface area (Å²) in [6.07, 6.45) is 6.04. The van der Waals surface area contributed by atoms with Crippen LogP contribution in [0, 0.1) is 0 Å². The molecule has 15 heavy (non-hydrogen) atoms. The van der Waals surface area contributed by atoms with Crippen LogP contribution >= 0.6 is 0 Å². The number of hydrogen-bond donors (Lipinski definition) is 2. The molecule has 0 atom stereocenters. The Morgan fingerprint density at radius 3 is 2.33 bits per heavy atom. The van der Waals surface area contributed by atoms with Gasteiger partial charge in [-0.05, 0) is 31.3 Å². The Balaban J connectivity index is 0.00000196. The maximum absolute atomic E-state index is 10.8. The van der Waals surface area contributed by atoms with Crippen LogP contribution in [0.3, 0.4) is 0 Å². The first-order chi connectivity index (χ1) is 6.61. The maximum atomic E-state index is 10.8. The molecule has 5 heteroatoms. The average molecular weight is 220 g/mol. The van der Waals surface area contributed by atoms with Gasteiger partial charge in [-0.1, -0.05) is 6.08 Å². The first-order valence-corrected chi connectivity index (χ1v) is 4.48. The van der Waals surface area contributed by atoms with Crippen molar-refractivity contribution in [2.45, 2.75) is 25.7 Å². The first-order valence-electron chi connectivity index (χ1n) is 4.48. The van der Waals surface area contributed by atoms with E-state index in [1.807, 2.05) is 6.08 Å². The number of carbonyl (C=O) groups is 2. The van der Waals surface area contributed by atoms with Gasteiger partial charge in [0.1, 0.15) is 0 Å². The molecule has 1 rings (SSSR count). The van der Waals surface area contributed by atoms with Crippen LogP contribution in [0.4, 0.5) is 0 Å². The molecule has 0 radical (unpaired) electrons. The third kappa shape index (κ3) is 4.64. The molecule has 1 aliphatic rings. The Kier molecular flexibility index (Phi) is 6.56. The normalized spacial score (nSPS) is 16.3. The fourth-order valence-corrected chi connectivity index (χ4v) is 1.50. The second-order valence-electron chi connectivity index (χ2n) is 3.18. The first kappa shape index (κ1) is 14.4. The number of hydrogen-bond acceptors (Lipinski definition) is 2. The van der Waals surface area contributed by atoms with E-state index in [1.54, 1.807) is 0 Å². The standard InChI is InChI=1S/C10H12O4.Na.H/c11-9(12)6-8(10(13)14)7-4-2-1-3-5-7;;/h4,6H,1-3,5H2,(H,11,12)(H,13,14);;/b8-6-;;. The monoisotopic (exact) mass is 220 g/mol. The number of allylic oxidation sites excluding steroid dienone is 1. The second kappa shape index (κ2) is 6.82. The molecule has 0 fully saturated rings. The van der Waals surface area contributed by atoms with Crippen LogP contribution in [0.5, 0.6) is 0 Å². The zero-order chi connectivity index (χ0) is 10.6. The predicted octanol–water partition coefficient (Wildman–Crippen LogP) is 0.934. The third-order valence-electron chi connectivity index (χ3n) is 2.14. The van der Waals surface area contributed by atoms with Crippen molar-refractivity contribution in [3.8, 4) is 0 Å². The molecule has 78 valence electrons. The molecule has 0 aromatic rings. The van der Waals surface area contributed by atoms with Gasteiger partial charge < -0.3 is 10.2 Å². The third-order valence-corrected chi connectivity index (χ3v) is 2.14. The molecule has 4 nitrogen and oxygen atoms in total. The van der Waals surface area contributed by atoms with Gasteiger partial charge in [-0.2, -0.15) is 0 Å². The molecule has 2 N–H and O–H groups in total. The quantitative estimate of drug-likeness (QED) is 0.548. The fraction of sp³-hybridized carbons (Fsp3) is 0.400. The summed E-state index contributed by atoms with van der Waals surface area (Å²) in [7, 11) is 0. The van der Waals surface area contributed by atoms with Crippen molar-refractivity contribution in [3.05, 3.63) is 23.3 Å². The van der Waals surface area contributed by atoms with Gasteiger partial charge in [0.2, 0.25) is 0 Å². The summed E-state index contributed by atoms with van der Waals surface area (Å²) < 4.78 is 0. The van der Waals surface area contributed by atoms with Crippen molar-refractivity contribution in [1.29, 1.82) is 0 Å². The van der Waals surface area contributed by atoms with Crippen LogP contribution in [0.2, 0.25) is 0 Å². The van der Waals surface area contributed by atoms with Crippen LogP contribution in [-0.2, 0) is 9.59 Å². The fourth-order valence-electron chi connectivity index (χ4n) is 1.50. The Morgan fingerprint density at radius 2 is 1.93 bits per heavy atom. The van der Waals surface area contributed by atoms with Gasteiger partial charge in [0.25, 0.3) is 0 Å². The number of rotatable bonds is 3. The summed E-state index contributed by atoms with van der Waals surface area (Å²) in [5.41, 5.74) is 0.559. The summed E-state index contributed by atoms with van der Waals surface area (Å²) in [5.74, 6) is -2.38. The summed E-state index contributed by atoms with van der Waals surface area (Å²) in [6.45, 7) is 0. The zero-order valence-electron chi connectivity index (χ0n) is 7.69. The Bertz CT molecular complexity index is 317. The molecular formula is C10H13NaO4. The van der Waals surface area contributed by atoms with E-state index in [4.69, 9.17) is 10.2 Å². The van der Waals surface area contributed by atoms with Crippen LogP contribution < -0.4 is 0 Å². The molecule has 0 aromatic carbocycles. The van der Waals surface area contributed by atoms with E-state index >= 15 is 0 Å². The van der Waals surface area contributed by atoms with Crippen molar-refractivity contribution in [3.63, 3.8) is 0 Å². The van der Waals surface area contributed by atoms with E-state index in [-0.39, 0.29) is 35.1 Å². The van der Waals surface area contributed by atoms with Crippen LogP contribution in [0.1, 0.15) is 25.7 Å². The Morgan fingerprint density at radius 1 is 1.27 bits per heavy atom. The van der Waals surface area contributed by atoms with Crippen molar-refractivity contribution in [2.75, 3.05) is 0 Å². The van der Waals surface area contributed by atoms with E-state index in [1.165, 1.54) is 0 Å². The number of carboxylic acid groups (broad SMARTS) is 2. The van der Waals surface area contributed by atoms with Gasteiger partial charge in [0.15, 0.2) is 0 Å². The van der Waals surface area contributed by atoms with Gasteiger partial charge in [-0.25, -0.2) is 9.59 Å². The average Bonchev–Trinajstić information content (AvgIpc) is 2.15. The van der Waals surface area contributed by atoms with Gasteiger partial charge >= 0.3 is 41.5 Å². The van der Waals surface area contributed by atoms with Crippen molar-refractivity contribution in [2.24, 2.45) is 0 Å². The molecule has 1 aliphatic carbocycles. The molecule has 0 aromatic heterocycles. The van der Waals surface area contributed by atoms with Crippen LogP contribution in [0.25, 0.3) is 0 Å². The van der Waals surface area contributed by atoms with Crippen molar-refractivity contribution < 1.29 is 19.8 Å². The summed E-state index contributed by atoms with van der Waals surface area (Å²) in [5, 5.41) is 17.3. The Hall–Kier alpha value is -0.580. The zero-order valence-corrected chi connectivity index (χ0v) is 7.69. The summed E-state index contributed by atoms with van der Waals surface area (Å²) in [4.78, 5) is 21.2. The second-order valence-corrected chi connectivity index (χ2v) is 3.18. The van der Waals surface area contributed by atoms with E-state index < -0.39 is 11.9 Å². The minimum absolute atomic E-state index is 0. The van der Waals surface area contributed by atoms with Crippen molar-refractivity contribution >= 4 is 41.5 Å². The summed E-state index contributed by atoms with van der Waals surface area (Å²) in [6, 6.07) is 0. The van der Waals surface area contributed by atoms with Crippen molar-refractivity contribution in [1.82, 2.24) is 0 Å². The Labute approximate surface area is 110 Å².